The van der Waals surface area contributed by atoms with Gasteiger partial charge in [0.05, 0.1) is 0 Å². The first-order valence-electron chi connectivity index (χ1n) is 7.06. The molecule has 2 aromatic carbocycles. The lowest BCUT2D eigenvalue weighted by atomic mass is 10.2. The summed E-state index contributed by atoms with van der Waals surface area (Å²) in [5, 5.41) is 7.43. The van der Waals surface area contributed by atoms with E-state index in [1.807, 2.05) is 49.4 Å². The van der Waals surface area contributed by atoms with Crippen molar-refractivity contribution in [3.8, 4) is 0 Å². The maximum atomic E-state index is 11.8. The van der Waals surface area contributed by atoms with Crippen molar-refractivity contribution < 1.29 is 4.79 Å². The normalized spacial score (nSPS) is 10.3. The van der Waals surface area contributed by atoms with Crippen LogP contribution in [0.2, 0.25) is 10.0 Å². The first-order chi connectivity index (χ1) is 10.6. The van der Waals surface area contributed by atoms with Crippen LogP contribution < -0.4 is 10.6 Å². The first kappa shape index (κ1) is 16.7. The molecule has 0 aliphatic rings. The van der Waals surface area contributed by atoms with Crippen LogP contribution in [0.5, 0.6) is 0 Å². The smallest absolute Gasteiger partial charge is 0.222 e. The number of aryl methyl sites for hydroxylation is 1. The van der Waals surface area contributed by atoms with Crippen LogP contribution in [0.3, 0.4) is 0 Å². The zero-order chi connectivity index (χ0) is 15.9. The molecule has 3 nitrogen and oxygen atoms in total. The highest BCUT2D eigenvalue weighted by Gasteiger charge is 2.04. The summed E-state index contributed by atoms with van der Waals surface area (Å²) in [5.74, 6) is -0.0212. The van der Waals surface area contributed by atoms with E-state index >= 15 is 0 Å². The van der Waals surface area contributed by atoms with E-state index in [-0.39, 0.29) is 5.91 Å². The molecule has 22 heavy (non-hydrogen) atoms. The van der Waals surface area contributed by atoms with Gasteiger partial charge in [0.15, 0.2) is 0 Å². The van der Waals surface area contributed by atoms with Gasteiger partial charge in [0.1, 0.15) is 0 Å². The first-order valence-corrected chi connectivity index (χ1v) is 7.82. The Morgan fingerprint density at radius 1 is 1.14 bits per heavy atom. The predicted octanol–water partition coefficient (Wildman–Crippen LogP) is 4.42. The van der Waals surface area contributed by atoms with E-state index in [4.69, 9.17) is 23.2 Å². The average Bonchev–Trinajstić information content (AvgIpc) is 2.50. The minimum atomic E-state index is -0.0212. The average molecular weight is 337 g/mol. The van der Waals surface area contributed by atoms with Crippen molar-refractivity contribution in [2.45, 2.75) is 19.9 Å². The van der Waals surface area contributed by atoms with Crippen LogP contribution in [-0.4, -0.2) is 12.5 Å². The summed E-state index contributed by atoms with van der Waals surface area (Å²) in [5.41, 5.74) is 2.96. The predicted molar refractivity (Wildman–Crippen MR) is 92.6 cm³/mol. The lowest BCUT2D eigenvalue weighted by molar-refractivity contribution is -0.121. The number of carbonyl (C=O) groups is 1. The molecule has 0 aliphatic carbocycles. The molecule has 2 N–H and O–H groups in total. The Balaban J connectivity index is 1.76. The number of hydrogen-bond donors (Lipinski definition) is 2. The number of anilines is 1. The second-order valence-corrected chi connectivity index (χ2v) is 5.85. The fourth-order valence-electron chi connectivity index (χ4n) is 2.02. The maximum absolute atomic E-state index is 11.8. The van der Waals surface area contributed by atoms with Gasteiger partial charge in [-0.2, -0.15) is 0 Å². The molecule has 0 saturated carbocycles. The van der Waals surface area contributed by atoms with Crippen LogP contribution in [0, 0.1) is 6.92 Å². The zero-order valence-electron chi connectivity index (χ0n) is 12.3. The molecule has 0 aromatic heterocycles. The standard InChI is InChI=1S/C17H18Cl2N2O/c1-12-6-7-14(18)10-16(12)20-9-8-17(22)21-11-13-4-2-3-5-15(13)19/h2-7,10,20H,8-9,11H2,1H3,(H,21,22). The van der Waals surface area contributed by atoms with Crippen molar-refractivity contribution in [2.24, 2.45) is 0 Å². The summed E-state index contributed by atoms with van der Waals surface area (Å²) in [4.78, 5) is 11.8. The minimum Gasteiger partial charge on any atom is -0.384 e. The van der Waals surface area contributed by atoms with Crippen LogP contribution in [0.1, 0.15) is 17.5 Å². The number of halogens is 2. The Labute approximate surface area is 140 Å². The van der Waals surface area contributed by atoms with Gasteiger partial charge in [-0.15, -0.1) is 0 Å². The van der Waals surface area contributed by atoms with Gasteiger partial charge in [-0.1, -0.05) is 47.5 Å². The van der Waals surface area contributed by atoms with Crippen molar-refractivity contribution in [3.05, 3.63) is 63.6 Å². The van der Waals surface area contributed by atoms with E-state index < -0.39 is 0 Å². The van der Waals surface area contributed by atoms with Gasteiger partial charge in [-0.05, 0) is 36.2 Å². The van der Waals surface area contributed by atoms with E-state index in [0.29, 0.717) is 29.6 Å². The van der Waals surface area contributed by atoms with Crippen LogP contribution in [0.25, 0.3) is 0 Å². The highest BCUT2D eigenvalue weighted by atomic mass is 35.5. The number of nitrogens with one attached hydrogen (secondary N) is 2. The molecule has 0 unspecified atom stereocenters. The van der Waals surface area contributed by atoms with Crippen molar-refractivity contribution in [3.63, 3.8) is 0 Å². The third-order valence-electron chi connectivity index (χ3n) is 3.30. The molecular formula is C17H18Cl2N2O. The van der Waals surface area contributed by atoms with E-state index in [9.17, 15) is 4.79 Å². The van der Waals surface area contributed by atoms with Crippen LogP contribution >= 0.6 is 23.2 Å². The minimum absolute atomic E-state index is 0.0212. The van der Waals surface area contributed by atoms with Gasteiger partial charge >= 0.3 is 0 Å². The van der Waals surface area contributed by atoms with Gasteiger partial charge < -0.3 is 10.6 Å². The van der Waals surface area contributed by atoms with Crippen molar-refractivity contribution in [1.82, 2.24) is 5.32 Å². The molecule has 2 rings (SSSR count). The lowest BCUT2D eigenvalue weighted by Crippen LogP contribution is -2.25. The second kappa shape index (κ2) is 8.06. The third kappa shape index (κ3) is 4.93. The molecule has 1 amide bonds. The van der Waals surface area contributed by atoms with E-state index in [2.05, 4.69) is 10.6 Å². The number of benzene rings is 2. The lowest BCUT2D eigenvalue weighted by Gasteiger charge is -2.10. The number of rotatable bonds is 6. The zero-order valence-corrected chi connectivity index (χ0v) is 13.8. The van der Waals surface area contributed by atoms with Crippen LogP contribution in [-0.2, 0) is 11.3 Å². The van der Waals surface area contributed by atoms with Crippen molar-refractivity contribution >= 4 is 34.8 Å². The van der Waals surface area contributed by atoms with Crippen LogP contribution in [0.15, 0.2) is 42.5 Å². The van der Waals surface area contributed by atoms with Crippen molar-refractivity contribution in [2.75, 3.05) is 11.9 Å². The molecule has 0 saturated heterocycles. The Morgan fingerprint density at radius 2 is 1.91 bits per heavy atom. The summed E-state index contributed by atoms with van der Waals surface area (Å²) in [7, 11) is 0. The Morgan fingerprint density at radius 3 is 2.68 bits per heavy atom. The van der Waals surface area contributed by atoms with Gasteiger partial charge in [-0.25, -0.2) is 0 Å². The molecule has 0 aliphatic heterocycles. The topological polar surface area (TPSA) is 41.1 Å². The fourth-order valence-corrected chi connectivity index (χ4v) is 2.39. The number of carbonyl (C=O) groups excluding carboxylic acids is 1. The molecule has 0 heterocycles. The SMILES string of the molecule is Cc1ccc(Cl)cc1NCCC(=O)NCc1ccccc1Cl. The van der Waals surface area contributed by atoms with Gasteiger partial charge in [0, 0.05) is 35.2 Å². The number of amides is 1. The van der Waals surface area contributed by atoms with Gasteiger partial charge in [0.2, 0.25) is 5.91 Å². The molecule has 2 aromatic rings. The summed E-state index contributed by atoms with van der Waals surface area (Å²) in [6.45, 7) is 2.99. The molecule has 0 atom stereocenters. The highest BCUT2D eigenvalue weighted by molar-refractivity contribution is 6.31. The fraction of sp³-hybridized carbons (Fsp3) is 0.235. The van der Waals surface area contributed by atoms with Gasteiger partial charge in [-0.3, -0.25) is 4.79 Å². The third-order valence-corrected chi connectivity index (χ3v) is 3.90. The highest BCUT2D eigenvalue weighted by Crippen LogP contribution is 2.20. The molecule has 116 valence electrons. The van der Waals surface area contributed by atoms with Gasteiger partial charge in [0.25, 0.3) is 0 Å². The molecular weight excluding hydrogens is 319 g/mol. The summed E-state index contributed by atoms with van der Waals surface area (Å²) in [6, 6.07) is 13.1. The van der Waals surface area contributed by atoms with E-state index in [0.717, 1.165) is 16.8 Å². The largest absolute Gasteiger partial charge is 0.384 e. The summed E-state index contributed by atoms with van der Waals surface area (Å²) >= 11 is 12.0. The Bertz CT molecular complexity index is 659. The van der Waals surface area contributed by atoms with E-state index in [1.165, 1.54) is 0 Å². The van der Waals surface area contributed by atoms with Crippen molar-refractivity contribution in [1.29, 1.82) is 0 Å². The molecule has 0 radical (unpaired) electrons. The van der Waals surface area contributed by atoms with Crippen LogP contribution in [0.4, 0.5) is 5.69 Å². The quantitative estimate of drug-likeness (QED) is 0.819. The molecule has 0 spiro atoms. The Kier molecular flexibility index (Phi) is 6.10. The molecule has 0 fully saturated rings. The molecule has 0 bridgehead atoms. The number of hydrogen-bond acceptors (Lipinski definition) is 2. The maximum Gasteiger partial charge on any atom is 0.222 e. The summed E-state index contributed by atoms with van der Waals surface area (Å²) < 4.78 is 0. The summed E-state index contributed by atoms with van der Waals surface area (Å²) in [6.07, 6.45) is 0.385. The Hall–Kier alpha value is -1.71. The monoisotopic (exact) mass is 336 g/mol. The molecule has 5 heteroatoms. The second-order valence-electron chi connectivity index (χ2n) is 5.00. The van der Waals surface area contributed by atoms with E-state index in [1.54, 1.807) is 0 Å².